The van der Waals surface area contributed by atoms with Crippen LogP contribution < -0.4 is 0 Å². The second kappa shape index (κ2) is 9.00. The Kier molecular flexibility index (Phi) is 7.68. The van der Waals surface area contributed by atoms with Gasteiger partial charge in [0.25, 0.3) is 0 Å². The van der Waals surface area contributed by atoms with Crippen LogP contribution in [-0.2, 0) is 6.61 Å². The monoisotopic (exact) mass is 311 g/mol. The molecule has 2 heterocycles. The Morgan fingerprint density at radius 3 is 2.43 bits per heavy atom. The molecular weight excluding hydrogens is 286 g/mol. The Morgan fingerprint density at radius 2 is 1.86 bits per heavy atom. The zero-order valence-electron chi connectivity index (χ0n) is 13.4. The molecule has 1 aliphatic carbocycles. The van der Waals surface area contributed by atoms with Crippen LogP contribution >= 0.6 is 11.6 Å². The maximum Gasteiger partial charge on any atom is 0.224 e. The van der Waals surface area contributed by atoms with E-state index in [9.17, 15) is 5.11 Å². The third-order valence-electron chi connectivity index (χ3n) is 3.48. The van der Waals surface area contributed by atoms with Crippen molar-refractivity contribution in [2.75, 3.05) is 0 Å². The zero-order valence-corrected chi connectivity index (χ0v) is 14.2. The number of hydrogen-bond donors (Lipinski definition) is 1. The lowest BCUT2D eigenvalue weighted by Crippen LogP contribution is -2.09. The number of fused-ring (bicyclic) bond motifs is 1. The highest BCUT2D eigenvalue weighted by molar-refractivity contribution is 6.28. The first kappa shape index (κ1) is 17.9. The van der Waals surface area contributed by atoms with E-state index < -0.39 is 0 Å². The molecule has 0 bridgehead atoms. The molecule has 0 saturated heterocycles. The summed E-state index contributed by atoms with van der Waals surface area (Å²) in [5, 5.41) is 10.7. The summed E-state index contributed by atoms with van der Waals surface area (Å²) >= 11 is 5.85. The number of halogens is 1. The number of aliphatic hydroxyl groups is 1. The highest BCUT2D eigenvalue weighted by Gasteiger charge is 2.22. The highest BCUT2D eigenvalue weighted by atomic mass is 35.5. The fourth-order valence-electron chi connectivity index (χ4n) is 2.73. The van der Waals surface area contributed by atoms with Crippen molar-refractivity contribution in [2.45, 2.75) is 66.0 Å². The van der Waals surface area contributed by atoms with E-state index in [1.54, 1.807) is 6.20 Å². The molecule has 1 N–H and O–H groups in total. The molecule has 0 aromatic carbocycles. The first-order chi connectivity index (χ1) is 10.3. The number of rotatable bonds is 2. The summed E-state index contributed by atoms with van der Waals surface area (Å²) in [4.78, 5) is 8.28. The van der Waals surface area contributed by atoms with Gasteiger partial charge in [0.1, 0.15) is 5.65 Å². The second-order valence-electron chi connectivity index (χ2n) is 4.52. The van der Waals surface area contributed by atoms with E-state index in [4.69, 9.17) is 11.6 Å². The van der Waals surface area contributed by atoms with Crippen LogP contribution in [0, 0.1) is 0 Å². The van der Waals surface area contributed by atoms with Gasteiger partial charge in [-0.25, -0.2) is 4.98 Å². The van der Waals surface area contributed by atoms with E-state index in [2.05, 4.69) is 14.5 Å². The molecule has 2 aromatic rings. The smallest absolute Gasteiger partial charge is 0.224 e. The van der Waals surface area contributed by atoms with Gasteiger partial charge in [0.2, 0.25) is 5.28 Å². The van der Waals surface area contributed by atoms with Crippen LogP contribution in [0.5, 0.6) is 0 Å². The maximum absolute atomic E-state index is 9.45. The Hall–Kier alpha value is -1.13. The van der Waals surface area contributed by atoms with Crippen LogP contribution in [0.4, 0.5) is 0 Å². The first-order valence-electron chi connectivity index (χ1n) is 7.93. The average molecular weight is 312 g/mol. The molecule has 0 radical (unpaired) electrons. The van der Waals surface area contributed by atoms with E-state index in [0.29, 0.717) is 6.04 Å². The van der Waals surface area contributed by atoms with Crippen molar-refractivity contribution < 1.29 is 5.11 Å². The van der Waals surface area contributed by atoms with Gasteiger partial charge in [-0.05, 0) is 30.5 Å². The standard InChI is InChI=1S/C12H14ClN3O.2C2H6/c13-12-14-6-8-5-10(7-17)16(11(8)15-12)9-3-1-2-4-9;2*1-2/h5-6,9,17H,1-4,7H2;2*1-2H3. The fraction of sp³-hybridized carbons (Fsp3) is 0.625. The quantitative estimate of drug-likeness (QED) is 0.815. The van der Waals surface area contributed by atoms with Crippen LogP contribution in [0.15, 0.2) is 12.3 Å². The van der Waals surface area contributed by atoms with E-state index in [1.165, 1.54) is 12.8 Å². The molecule has 2 aromatic heterocycles. The Bertz CT molecular complexity index is 548. The minimum absolute atomic E-state index is 0.0322. The van der Waals surface area contributed by atoms with Crippen molar-refractivity contribution in [1.29, 1.82) is 0 Å². The normalized spacial score (nSPS) is 14.4. The molecule has 3 rings (SSSR count). The van der Waals surface area contributed by atoms with Gasteiger partial charge in [-0.3, -0.25) is 0 Å². The summed E-state index contributed by atoms with van der Waals surface area (Å²) in [5.41, 5.74) is 1.75. The molecule has 21 heavy (non-hydrogen) atoms. The number of nitrogens with zero attached hydrogens (tertiary/aromatic N) is 3. The molecule has 1 fully saturated rings. The SMILES string of the molecule is CC.CC.OCc1cc2cnc(Cl)nc2n1C1CCCC1. The summed E-state index contributed by atoms with van der Waals surface area (Å²) in [6.45, 7) is 8.03. The Balaban J connectivity index is 0.000000510. The predicted molar refractivity (Wildman–Crippen MR) is 88.7 cm³/mol. The zero-order chi connectivity index (χ0) is 15.8. The lowest BCUT2D eigenvalue weighted by Gasteiger charge is -2.15. The summed E-state index contributed by atoms with van der Waals surface area (Å²) in [5.74, 6) is 0. The fourth-order valence-corrected chi connectivity index (χ4v) is 2.86. The molecule has 5 heteroatoms. The van der Waals surface area contributed by atoms with Crippen LogP contribution in [0.2, 0.25) is 5.28 Å². The first-order valence-corrected chi connectivity index (χ1v) is 8.30. The molecule has 0 amide bonds. The topological polar surface area (TPSA) is 50.9 Å². The predicted octanol–water partition coefficient (Wildman–Crippen LogP) is 4.74. The summed E-state index contributed by atoms with van der Waals surface area (Å²) in [6.07, 6.45) is 6.51. The number of hydrogen-bond acceptors (Lipinski definition) is 3. The Morgan fingerprint density at radius 1 is 1.24 bits per heavy atom. The van der Waals surface area contributed by atoms with E-state index >= 15 is 0 Å². The molecule has 4 nitrogen and oxygen atoms in total. The lowest BCUT2D eigenvalue weighted by atomic mass is 10.2. The van der Waals surface area contributed by atoms with Crippen LogP contribution in [-0.4, -0.2) is 19.6 Å². The molecule has 0 spiro atoms. The minimum Gasteiger partial charge on any atom is -0.390 e. The molecule has 118 valence electrons. The maximum atomic E-state index is 9.45. The molecule has 0 unspecified atom stereocenters. The van der Waals surface area contributed by atoms with Gasteiger partial charge in [0.05, 0.1) is 6.61 Å². The second-order valence-corrected chi connectivity index (χ2v) is 4.86. The molecule has 0 aliphatic heterocycles. The van der Waals surface area contributed by atoms with Gasteiger partial charge in [0, 0.05) is 23.3 Å². The van der Waals surface area contributed by atoms with Gasteiger partial charge in [-0.2, -0.15) is 4.98 Å². The molecule has 1 saturated carbocycles. The summed E-state index contributed by atoms with van der Waals surface area (Å²) in [7, 11) is 0. The van der Waals surface area contributed by atoms with Crippen LogP contribution in [0.1, 0.15) is 65.1 Å². The number of aliphatic hydroxyl groups excluding tert-OH is 1. The van der Waals surface area contributed by atoms with Crippen LogP contribution in [0.25, 0.3) is 11.0 Å². The van der Waals surface area contributed by atoms with Gasteiger partial charge >= 0.3 is 0 Å². The molecular formula is C16H26ClN3O. The van der Waals surface area contributed by atoms with Gasteiger partial charge in [-0.1, -0.05) is 40.5 Å². The summed E-state index contributed by atoms with van der Waals surface area (Å²) in [6, 6.07) is 2.39. The average Bonchev–Trinajstić information content (AvgIpc) is 3.17. The largest absolute Gasteiger partial charge is 0.390 e. The van der Waals surface area contributed by atoms with Crippen molar-refractivity contribution >= 4 is 22.6 Å². The van der Waals surface area contributed by atoms with Gasteiger partial charge in [-0.15, -0.1) is 0 Å². The third-order valence-corrected chi connectivity index (χ3v) is 3.66. The van der Waals surface area contributed by atoms with Crippen molar-refractivity contribution in [2.24, 2.45) is 0 Å². The Labute approximate surface area is 132 Å². The van der Waals surface area contributed by atoms with Crippen molar-refractivity contribution in [3.05, 3.63) is 23.2 Å². The molecule has 1 aliphatic rings. The highest BCUT2D eigenvalue weighted by Crippen LogP contribution is 2.34. The van der Waals surface area contributed by atoms with E-state index in [1.807, 2.05) is 33.8 Å². The van der Waals surface area contributed by atoms with Crippen molar-refractivity contribution in [3.63, 3.8) is 0 Å². The third kappa shape index (κ3) is 3.95. The lowest BCUT2D eigenvalue weighted by molar-refractivity contribution is 0.267. The molecule has 0 atom stereocenters. The van der Waals surface area contributed by atoms with Crippen molar-refractivity contribution in [3.8, 4) is 0 Å². The minimum atomic E-state index is 0.0322. The summed E-state index contributed by atoms with van der Waals surface area (Å²) < 4.78 is 2.13. The van der Waals surface area contributed by atoms with Gasteiger partial charge in [0.15, 0.2) is 0 Å². The van der Waals surface area contributed by atoms with E-state index in [0.717, 1.165) is 29.6 Å². The van der Waals surface area contributed by atoms with Crippen molar-refractivity contribution in [1.82, 2.24) is 14.5 Å². The number of aromatic nitrogens is 3. The van der Waals surface area contributed by atoms with Gasteiger partial charge < -0.3 is 9.67 Å². The van der Waals surface area contributed by atoms with E-state index in [-0.39, 0.29) is 11.9 Å². The van der Waals surface area contributed by atoms with Crippen LogP contribution in [0.3, 0.4) is 0 Å².